The second kappa shape index (κ2) is 22.2. The molecule has 0 saturated carbocycles. The van der Waals surface area contributed by atoms with Gasteiger partial charge in [0, 0.05) is 0 Å². The third-order valence-electron chi connectivity index (χ3n) is 5.41. The van der Waals surface area contributed by atoms with Gasteiger partial charge < -0.3 is 24.8 Å². The van der Waals surface area contributed by atoms with Crippen molar-refractivity contribution in [2.24, 2.45) is 0 Å². The summed E-state index contributed by atoms with van der Waals surface area (Å²) >= 11 is 0. The average molecular weight is 647 g/mol. The molecule has 0 aromatic heterocycles. The number of rotatable bonds is 2. The van der Waals surface area contributed by atoms with Gasteiger partial charge in [-0.3, -0.25) is 12.2 Å². The van der Waals surface area contributed by atoms with E-state index in [0.717, 1.165) is 12.8 Å². The molecule has 38 heavy (non-hydrogen) atoms. The summed E-state index contributed by atoms with van der Waals surface area (Å²) in [7, 11) is 0.115. The maximum Gasteiger partial charge on any atom is 2.00 e. The fraction of sp³-hybridized carbons (Fsp3) is 0.188. The van der Waals surface area contributed by atoms with E-state index in [1.807, 2.05) is 24.3 Å². The summed E-state index contributed by atoms with van der Waals surface area (Å²) in [4.78, 5) is 0. The Morgan fingerprint density at radius 2 is 0.974 bits per heavy atom. The molecule has 0 fully saturated rings. The molecule has 0 atom stereocenters. The van der Waals surface area contributed by atoms with E-state index in [1.54, 1.807) is 0 Å². The Kier molecular flexibility index (Phi) is 23.2. The van der Waals surface area contributed by atoms with Gasteiger partial charge in [0.1, 0.15) is 0 Å². The van der Waals surface area contributed by atoms with Crippen molar-refractivity contribution in [3.05, 3.63) is 121 Å². The van der Waals surface area contributed by atoms with Crippen LogP contribution in [0.3, 0.4) is 0 Å². The topological polar surface area (TPSA) is 0 Å². The van der Waals surface area contributed by atoms with Crippen molar-refractivity contribution >= 4 is 48.0 Å². The summed E-state index contributed by atoms with van der Waals surface area (Å²) in [6.45, 7) is 9.18. The van der Waals surface area contributed by atoms with Gasteiger partial charge in [-0.2, -0.15) is 24.3 Å². The van der Waals surface area contributed by atoms with Crippen molar-refractivity contribution < 1.29 is 68.2 Å². The third-order valence-corrected chi connectivity index (χ3v) is 7.99. The summed E-state index contributed by atoms with van der Waals surface area (Å²) in [5.41, 5.74) is 0. The molecule has 0 spiro atoms. The van der Waals surface area contributed by atoms with Crippen LogP contribution in [0.1, 0.15) is 12.8 Å². The second-order valence-corrected chi connectivity index (χ2v) is 13.1. The average Bonchev–Trinajstić information content (AvgIpc) is 3.67. The molecule has 196 valence electrons. The molecule has 2 aliphatic rings. The van der Waals surface area contributed by atoms with Crippen LogP contribution >= 0.6 is 15.8 Å². The minimum Gasteiger partial charge on any atom is -1.00 e. The van der Waals surface area contributed by atoms with Crippen LogP contribution in [0.25, 0.3) is 21.5 Å². The van der Waals surface area contributed by atoms with Crippen LogP contribution in [-0.2, 0) is 43.4 Å². The SMILES string of the molecule is CP(C)c1cc2ccccc2[cH-]1.CP(C)c1cc2ccccc2[cH-]1.[C-]1=CC=CC1.[C-]1=CC=CC1.[Cl-].[Cl-].[Ti+2].[Ti+2]. The zero-order chi connectivity index (χ0) is 24.2. The van der Waals surface area contributed by atoms with Crippen molar-refractivity contribution in [1.29, 1.82) is 0 Å². The van der Waals surface area contributed by atoms with Crippen molar-refractivity contribution in [3.8, 4) is 0 Å². The molecule has 0 aliphatic heterocycles. The first-order valence-corrected chi connectivity index (χ1v) is 16.1. The Bertz CT molecular complexity index is 1090. The Hall–Kier alpha value is -0.511. The van der Waals surface area contributed by atoms with Gasteiger partial charge in [-0.25, -0.2) is 24.3 Å². The summed E-state index contributed by atoms with van der Waals surface area (Å²) in [6.07, 6.45) is 20.0. The van der Waals surface area contributed by atoms with E-state index in [9.17, 15) is 0 Å². The van der Waals surface area contributed by atoms with E-state index in [4.69, 9.17) is 0 Å². The quantitative estimate of drug-likeness (QED) is 0.179. The van der Waals surface area contributed by atoms with Crippen molar-refractivity contribution in [2.45, 2.75) is 12.8 Å². The first kappa shape index (κ1) is 39.6. The number of hydrogen-bond acceptors (Lipinski definition) is 0. The molecule has 0 radical (unpaired) electrons. The van der Waals surface area contributed by atoms with Crippen LogP contribution in [-0.4, -0.2) is 26.7 Å². The monoisotopic (exact) mass is 646 g/mol. The fourth-order valence-electron chi connectivity index (χ4n) is 3.47. The standard InChI is InChI=1S/2C11H12P.2C5H5.2ClH.2Ti/c2*1-12(2)11-7-9-5-3-4-6-10(9)8-11;2*1-2-4-5-3-1;;;;/h2*3-8H,1-2H3;2*1-3H,4H2;2*1H;;/q4*-1;;;2*+2/p-2. The Morgan fingerprint density at radius 3 is 1.21 bits per heavy atom. The largest absolute Gasteiger partial charge is 2.00 e. The van der Waals surface area contributed by atoms with Gasteiger partial charge in [0.05, 0.1) is 0 Å². The van der Waals surface area contributed by atoms with Crippen LogP contribution in [0.4, 0.5) is 0 Å². The van der Waals surface area contributed by atoms with Crippen LogP contribution in [0.15, 0.2) is 109 Å². The molecule has 0 saturated heterocycles. The number of halogens is 2. The van der Waals surface area contributed by atoms with Gasteiger partial charge in [-0.1, -0.05) is 12.1 Å². The van der Waals surface area contributed by atoms with Crippen LogP contribution < -0.4 is 35.4 Å². The van der Waals surface area contributed by atoms with Gasteiger partial charge in [-0.05, 0) is 26.7 Å². The molecule has 0 amide bonds. The first-order chi connectivity index (χ1) is 16.5. The zero-order valence-corrected chi connectivity index (χ0v) is 28.9. The van der Waals surface area contributed by atoms with Crippen molar-refractivity contribution in [3.63, 3.8) is 0 Å². The van der Waals surface area contributed by atoms with Gasteiger partial charge >= 0.3 is 43.4 Å². The summed E-state index contributed by atoms with van der Waals surface area (Å²) in [5, 5.41) is 8.53. The van der Waals surface area contributed by atoms with Crippen LogP contribution in [0, 0.1) is 12.2 Å². The minimum atomic E-state index is 0. The number of fused-ring (bicyclic) bond motifs is 2. The van der Waals surface area contributed by atoms with Gasteiger partial charge in [-0.15, -0.1) is 109 Å². The Balaban J connectivity index is 0. The molecule has 0 nitrogen and oxygen atoms in total. The molecular weight excluding hydrogens is 613 g/mol. The molecule has 4 aromatic carbocycles. The first-order valence-electron chi connectivity index (χ1n) is 11.6. The van der Waals surface area contributed by atoms with E-state index in [2.05, 4.69) is 124 Å². The molecule has 6 heteroatoms. The maximum atomic E-state index is 2.99. The summed E-state index contributed by atoms with van der Waals surface area (Å²) in [6, 6.07) is 26.3. The molecule has 6 rings (SSSR count). The summed E-state index contributed by atoms with van der Waals surface area (Å²) < 4.78 is 0. The van der Waals surface area contributed by atoms with Crippen molar-refractivity contribution in [2.75, 3.05) is 26.7 Å². The molecule has 0 heterocycles. The smallest absolute Gasteiger partial charge is 1.00 e. The second-order valence-electron chi connectivity index (χ2n) is 8.48. The minimum absolute atomic E-state index is 0. The van der Waals surface area contributed by atoms with Crippen LogP contribution in [0.2, 0.25) is 0 Å². The molecule has 4 aromatic rings. The normalized spacial score (nSPS) is 11.7. The molecule has 0 N–H and O–H groups in total. The van der Waals surface area contributed by atoms with E-state index in [0.29, 0.717) is 0 Å². The maximum absolute atomic E-state index is 2.99. The van der Waals surface area contributed by atoms with E-state index < -0.39 is 0 Å². The van der Waals surface area contributed by atoms with Crippen LogP contribution in [0.5, 0.6) is 0 Å². The van der Waals surface area contributed by atoms with E-state index in [-0.39, 0.29) is 84.1 Å². The van der Waals surface area contributed by atoms with Gasteiger partial charge in [0.2, 0.25) is 0 Å². The molecular formula is C32H34Cl2P2Ti2-2. The molecule has 2 aliphatic carbocycles. The Morgan fingerprint density at radius 1 is 0.605 bits per heavy atom. The van der Waals surface area contributed by atoms with E-state index >= 15 is 0 Å². The number of benzene rings is 2. The predicted molar refractivity (Wildman–Crippen MR) is 159 cm³/mol. The summed E-state index contributed by atoms with van der Waals surface area (Å²) in [5.74, 6) is 0. The Labute approximate surface area is 275 Å². The predicted octanol–water partition coefficient (Wildman–Crippen LogP) is 2.47. The van der Waals surface area contributed by atoms with E-state index in [1.165, 1.54) is 32.2 Å². The number of allylic oxidation sites excluding steroid dienone is 8. The number of hydrogen-bond donors (Lipinski definition) is 0. The third kappa shape index (κ3) is 13.7. The zero-order valence-electron chi connectivity index (χ0n) is 22.5. The van der Waals surface area contributed by atoms with Crippen molar-refractivity contribution in [1.82, 2.24) is 0 Å². The van der Waals surface area contributed by atoms with Gasteiger partial charge in [0.25, 0.3) is 0 Å². The molecule has 0 bridgehead atoms. The molecule has 0 unspecified atom stereocenters. The fourth-order valence-corrected chi connectivity index (χ4v) is 5.05. The van der Waals surface area contributed by atoms with Gasteiger partial charge in [0.15, 0.2) is 0 Å².